The summed E-state index contributed by atoms with van der Waals surface area (Å²) in [6, 6.07) is 10.9. The highest BCUT2D eigenvalue weighted by Crippen LogP contribution is 2.26. The van der Waals surface area contributed by atoms with Crippen LogP contribution in [0.15, 0.2) is 36.4 Å². The first-order valence-electron chi connectivity index (χ1n) is 6.55. The molecule has 0 spiro atoms. The Morgan fingerprint density at radius 2 is 1.90 bits per heavy atom. The highest BCUT2D eigenvalue weighted by Gasteiger charge is 2.18. The highest BCUT2D eigenvalue weighted by atomic mass is 35.5. The van der Waals surface area contributed by atoms with Crippen LogP contribution in [0.5, 0.6) is 0 Å². The van der Waals surface area contributed by atoms with Gasteiger partial charge in [-0.05, 0) is 43.7 Å². The SMILES string of the molecule is Cc1ccc(N(C)C(=O)c2cc(Cl)ccc2NN)c(C)c1. The fourth-order valence-electron chi connectivity index (χ4n) is 2.29. The van der Waals surface area contributed by atoms with Crippen molar-refractivity contribution < 1.29 is 4.79 Å². The third kappa shape index (κ3) is 3.17. The number of carbonyl (C=O) groups is 1. The Kier molecular flexibility index (Phi) is 4.50. The monoisotopic (exact) mass is 303 g/mol. The molecule has 0 bridgehead atoms. The smallest absolute Gasteiger partial charge is 0.260 e. The molecule has 2 aromatic rings. The van der Waals surface area contributed by atoms with Gasteiger partial charge in [-0.2, -0.15) is 0 Å². The van der Waals surface area contributed by atoms with Gasteiger partial charge in [-0.1, -0.05) is 29.3 Å². The number of hydrazine groups is 1. The maximum atomic E-state index is 12.7. The van der Waals surface area contributed by atoms with Crippen molar-refractivity contribution in [1.29, 1.82) is 0 Å². The van der Waals surface area contributed by atoms with Gasteiger partial charge in [-0.3, -0.25) is 10.6 Å². The summed E-state index contributed by atoms with van der Waals surface area (Å²) in [5.41, 5.74) is 6.56. The summed E-state index contributed by atoms with van der Waals surface area (Å²) >= 11 is 5.98. The maximum absolute atomic E-state index is 12.7. The zero-order chi connectivity index (χ0) is 15.6. The van der Waals surface area contributed by atoms with Gasteiger partial charge >= 0.3 is 0 Å². The van der Waals surface area contributed by atoms with E-state index in [2.05, 4.69) is 5.43 Å². The summed E-state index contributed by atoms with van der Waals surface area (Å²) in [4.78, 5) is 14.3. The van der Waals surface area contributed by atoms with Gasteiger partial charge in [0.15, 0.2) is 0 Å². The molecule has 0 atom stereocenters. The van der Waals surface area contributed by atoms with E-state index in [4.69, 9.17) is 17.4 Å². The van der Waals surface area contributed by atoms with Crippen LogP contribution in [0.1, 0.15) is 21.5 Å². The van der Waals surface area contributed by atoms with Crippen molar-refractivity contribution >= 4 is 28.9 Å². The van der Waals surface area contributed by atoms with Gasteiger partial charge in [0.2, 0.25) is 0 Å². The van der Waals surface area contributed by atoms with Crippen molar-refractivity contribution in [2.75, 3.05) is 17.4 Å². The van der Waals surface area contributed by atoms with E-state index < -0.39 is 0 Å². The molecule has 4 nitrogen and oxygen atoms in total. The number of carbonyl (C=O) groups excluding carboxylic acids is 1. The van der Waals surface area contributed by atoms with E-state index in [1.54, 1.807) is 30.1 Å². The van der Waals surface area contributed by atoms with Gasteiger partial charge < -0.3 is 10.3 Å². The van der Waals surface area contributed by atoms with Gasteiger partial charge in [0.1, 0.15) is 0 Å². The second-order valence-corrected chi connectivity index (χ2v) is 5.42. The Hall–Kier alpha value is -2.04. The van der Waals surface area contributed by atoms with Crippen molar-refractivity contribution in [3.63, 3.8) is 0 Å². The average Bonchev–Trinajstić information content (AvgIpc) is 2.45. The molecule has 21 heavy (non-hydrogen) atoms. The number of nitrogens with one attached hydrogen (secondary N) is 1. The summed E-state index contributed by atoms with van der Waals surface area (Å²) in [5, 5.41) is 0.492. The molecule has 5 heteroatoms. The minimum Gasteiger partial charge on any atom is -0.323 e. The third-order valence-electron chi connectivity index (χ3n) is 3.39. The summed E-state index contributed by atoms with van der Waals surface area (Å²) in [6.45, 7) is 4.00. The molecule has 0 aliphatic heterocycles. The third-order valence-corrected chi connectivity index (χ3v) is 3.62. The lowest BCUT2D eigenvalue weighted by molar-refractivity contribution is 0.0993. The lowest BCUT2D eigenvalue weighted by Gasteiger charge is -2.21. The number of benzene rings is 2. The Morgan fingerprint density at radius 1 is 1.19 bits per heavy atom. The van der Waals surface area contributed by atoms with Crippen molar-refractivity contribution in [3.05, 3.63) is 58.1 Å². The summed E-state index contributed by atoms with van der Waals surface area (Å²) in [5.74, 6) is 5.29. The lowest BCUT2D eigenvalue weighted by atomic mass is 10.1. The van der Waals surface area contributed by atoms with E-state index in [0.717, 1.165) is 16.8 Å². The van der Waals surface area contributed by atoms with Crippen LogP contribution in [-0.4, -0.2) is 13.0 Å². The molecular weight excluding hydrogens is 286 g/mol. The number of nitrogen functional groups attached to an aromatic ring is 1. The summed E-state index contributed by atoms with van der Waals surface area (Å²) in [7, 11) is 1.74. The minimum absolute atomic E-state index is 0.169. The van der Waals surface area contributed by atoms with Crippen molar-refractivity contribution in [2.24, 2.45) is 5.84 Å². The van der Waals surface area contributed by atoms with Crippen LogP contribution < -0.4 is 16.2 Å². The summed E-state index contributed by atoms with van der Waals surface area (Å²) in [6.07, 6.45) is 0. The van der Waals surface area contributed by atoms with Crippen LogP contribution >= 0.6 is 11.6 Å². The van der Waals surface area contributed by atoms with Crippen LogP contribution in [-0.2, 0) is 0 Å². The largest absolute Gasteiger partial charge is 0.323 e. The average molecular weight is 304 g/mol. The van der Waals surface area contributed by atoms with Gasteiger partial charge in [0.25, 0.3) is 5.91 Å². The number of rotatable bonds is 3. The number of amides is 1. The standard InChI is InChI=1S/C16H18ClN3O/c1-10-4-7-15(11(2)8-10)20(3)16(21)13-9-12(17)5-6-14(13)19-18/h4-9,19H,18H2,1-3H3. The second-order valence-electron chi connectivity index (χ2n) is 4.99. The first-order chi connectivity index (χ1) is 9.93. The molecule has 0 fully saturated rings. The van der Waals surface area contributed by atoms with Crippen LogP contribution in [0.3, 0.4) is 0 Å². The molecule has 1 amide bonds. The van der Waals surface area contributed by atoms with E-state index in [0.29, 0.717) is 16.3 Å². The van der Waals surface area contributed by atoms with Crippen molar-refractivity contribution in [3.8, 4) is 0 Å². The summed E-state index contributed by atoms with van der Waals surface area (Å²) < 4.78 is 0. The number of aryl methyl sites for hydroxylation is 2. The van der Waals surface area contributed by atoms with Gasteiger partial charge in [0.05, 0.1) is 11.3 Å². The molecule has 0 radical (unpaired) electrons. The van der Waals surface area contributed by atoms with Crippen LogP contribution in [0, 0.1) is 13.8 Å². The number of nitrogens with two attached hydrogens (primary N) is 1. The van der Waals surface area contributed by atoms with Gasteiger partial charge in [0, 0.05) is 17.8 Å². The fourth-order valence-corrected chi connectivity index (χ4v) is 2.46. The molecule has 0 heterocycles. The zero-order valence-electron chi connectivity index (χ0n) is 12.3. The predicted molar refractivity (Wildman–Crippen MR) is 87.9 cm³/mol. The topological polar surface area (TPSA) is 58.4 Å². The van der Waals surface area contributed by atoms with Gasteiger partial charge in [-0.25, -0.2) is 0 Å². The molecule has 110 valence electrons. The maximum Gasteiger partial charge on any atom is 0.260 e. The first kappa shape index (κ1) is 15.4. The van der Waals surface area contributed by atoms with Crippen LogP contribution in [0.25, 0.3) is 0 Å². The van der Waals surface area contributed by atoms with Crippen LogP contribution in [0.4, 0.5) is 11.4 Å². The van der Waals surface area contributed by atoms with Gasteiger partial charge in [-0.15, -0.1) is 0 Å². The lowest BCUT2D eigenvalue weighted by Crippen LogP contribution is -2.28. The second kappa shape index (κ2) is 6.16. The Balaban J connectivity index is 2.41. The van der Waals surface area contributed by atoms with E-state index >= 15 is 0 Å². The molecule has 2 rings (SSSR count). The predicted octanol–water partition coefficient (Wildman–Crippen LogP) is 3.52. The van der Waals surface area contributed by atoms with E-state index in [1.807, 2.05) is 32.0 Å². The number of nitrogens with zero attached hydrogens (tertiary/aromatic N) is 1. The number of anilines is 2. The zero-order valence-corrected chi connectivity index (χ0v) is 13.0. The molecule has 2 aromatic carbocycles. The number of hydrogen-bond acceptors (Lipinski definition) is 3. The normalized spacial score (nSPS) is 10.3. The van der Waals surface area contributed by atoms with E-state index in [9.17, 15) is 4.79 Å². The fraction of sp³-hybridized carbons (Fsp3) is 0.188. The minimum atomic E-state index is -0.169. The molecule has 0 unspecified atom stereocenters. The van der Waals surface area contributed by atoms with E-state index in [-0.39, 0.29) is 5.91 Å². The molecular formula is C16H18ClN3O. The molecule has 0 aromatic heterocycles. The van der Waals surface area contributed by atoms with E-state index in [1.165, 1.54) is 0 Å². The quantitative estimate of drug-likeness (QED) is 0.674. The number of halogens is 1. The van der Waals surface area contributed by atoms with Crippen molar-refractivity contribution in [1.82, 2.24) is 0 Å². The van der Waals surface area contributed by atoms with Crippen molar-refractivity contribution in [2.45, 2.75) is 13.8 Å². The Labute approximate surface area is 129 Å². The molecule has 0 aliphatic rings. The molecule has 0 saturated heterocycles. The highest BCUT2D eigenvalue weighted by molar-refractivity contribution is 6.31. The Bertz CT molecular complexity index is 685. The number of hydrogen-bond donors (Lipinski definition) is 2. The molecule has 0 aliphatic carbocycles. The molecule has 3 N–H and O–H groups in total. The molecule has 0 saturated carbocycles. The Morgan fingerprint density at radius 3 is 2.52 bits per heavy atom. The van der Waals surface area contributed by atoms with Crippen LogP contribution in [0.2, 0.25) is 5.02 Å². The first-order valence-corrected chi connectivity index (χ1v) is 6.93.